The van der Waals surface area contributed by atoms with Gasteiger partial charge in [0.25, 0.3) is 5.56 Å². The first-order valence-corrected chi connectivity index (χ1v) is 8.91. The molecule has 0 radical (unpaired) electrons. The molecule has 3 heterocycles. The van der Waals surface area contributed by atoms with E-state index in [9.17, 15) is 4.79 Å². The molecule has 0 unspecified atom stereocenters. The molecule has 0 aliphatic heterocycles. The molecule has 3 aromatic heterocycles. The van der Waals surface area contributed by atoms with E-state index in [4.69, 9.17) is 11.6 Å². The van der Waals surface area contributed by atoms with Crippen molar-refractivity contribution in [2.45, 2.75) is 6.92 Å². The van der Waals surface area contributed by atoms with Crippen molar-refractivity contribution in [1.82, 2.24) is 14.6 Å². The number of rotatable bonds is 2. The highest BCUT2D eigenvalue weighted by atomic mass is 35.5. The number of aryl methyl sites for hydroxylation is 1. The van der Waals surface area contributed by atoms with Crippen molar-refractivity contribution in [2.24, 2.45) is 0 Å². The maximum Gasteiger partial charge on any atom is 0.276 e. The molecular weight excluding hydrogens is 350 g/mol. The molecule has 114 valence electrons. The van der Waals surface area contributed by atoms with E-state index in [2.05, 4.69) is 10.2 Å². The van der Waals surface area contributed by atoms with Crippen LogP contribution in [0.25, 0.3) is 22.4 Å². The largest absolute Gasteiger partial charge is 0.276 e. The maximum absolute atomic E-state index is 12.8. The molecule has 0 spiro atoms. The zero-order chi connectivity index (χ0) is 16.0. The van der Waals surface area contributed by atoms with Crippen LogP contribution in [0.2, 0.25) is 5.02 Å². The van der Waals surface area contributed by atoms with Crippen LogP contribution in [0.1, 0.15) is 10.4 Å². The van der Waals surface area contributed by atoms with Crippen molar-refractivity contribution in [1.29, 1.82) is 0 Å². The average molecular weight is 360 g/mol. The zero-order valence-electron chi connectivity index (χ0n) is 12.0. The van der Waals surface area contributed by atoms with Crippen LogP contribution in [0.15, 0.2) is 40.5 Å². The Morgan fingerprint density at radius 2 is 2.04 bits per heavy atom. The summed E-state index contributed by atoms with van der Waals surface area (Å²) in [4.78, 5) is 14.4. The summed E-state index contributed by atoms with van der Waals surface area (Å²) in [6, 6.07) is 9.35. The second-order valence-corrected chi connectivity index (χ2v) is 7.37. The monoisotopic (exact) mass is 359 g/mol. The molecule has 0 saturated carbocycles. The molecule has 0 fully saturated rings. The van der Waals surface area contributed by atoms with E-state index in [1.165, 1.54) is 15.7 Å². The van der Waals surface area contributed by atoms with E-state index < -0.39 is 0 Å². The van der Waals surface area contributed by atoms with Crippen LogP contribution < -0.4 is 10.1 Å². The van der Waals surface area contributed by atoms with Gasteiger partial charge in [-0.25, -0.2) is 4.40 Å². The lowest BCUT2D eigenvalue weighted by atomic mass is 10.2. The molecule has 7 heteroatoms. The molecule has 1 aromatic carbocycles. The highest BCUT2D eigenvalue weighted by Crippen LogP contribution is 2.26. The predicted molar refractivity (Wildman–Crippen MR) is 95.4 cm³/mol. The molecule has 0 N–H and O–H groups in total. The van der Waals surface area contributed by atoms with Gasteiger partial charge >= 0.3 is 0 Å². The number of thiophene rings is 1. The molecule has 4 rings (SSSR count). The first-order chi connectivity index (χ1) is 11.1. The third kappa shape index (κ3) is 2.39. The van der Waals surface area contributed by atoms with Crippen LogP contribution in [0.4, 0.5) is 0 Å². The summed E-state index contributed by atoms with van der Waals surface area (Å²) in [6.45, 7) is 2.03. The van der Waals surface area contributed by atoms with Gasteiger partial charge in [0.15, 0.2) is 5.82 Å². The standard InChI is InChI=1S/C16H10ClN3OS2/c1-9-6-7-22-12(9)8-13-15(21)20-14(18-19-16(20)23-13)10-4-2-3-5-11(10)17/h2-8H,1H3/b13-8-. The third-order valence-electron chi connectivity index (χ3n) is 3.53. The van der Waals surface area contributed by atoms with Crippen molar-refractivity contribution >= 4 is 45.3 Å². The van der Waals surface area contributed by atoms with Crippen LogP contribution >= 0.6 is 34.3 Å². The Labute approximate surface area is 144 Å². The van der Waals surface area contributed by atoms with Crippen molar-refractivity contribution in [3.05, 3.63) is 66.1 Å². The molecule has 0 aliphatic carbocycles. The Morgan fingerprint density at radius 1 is 1.22 bits per heavy atom. The van der Waals surface area contributed by atoms with Gasteiger partial charge in [0, 0.05) is 10.4 Å². The number of hydrogen-bond donors (Lipinski definition) is 0. The van der Waals surface area contributed by atoms with Gasteiger partial charge in [-0.15, -0.1) is 21.5 Å². The number of aromatic nitrogens is 3. The number of hydrogen-bond acceptors (Lipinski definition) is 5. The predicted octanol–water partition coefficient (Wildman–Crippen LogP) is 3.39. The lowest BCUT2D eigenvalue weighted by Crippen LogP contribution is -2.23. The minimum atomic E-state index is -0.113. The fraction of sp³-hybridized carbons (Fsp3) is 0.0625. The van der Waals surface area contributed by atoms with E-state index in [0.29, 0.717) is 25.9 Å². The van der Waals surface area contributed by atoms with Gasteiger partial charge < -0.3 is 0 Å². The minimum absolute atomic E-state index is 0.113. The van der Waals surface area contributed by atoms with Gasteiger partial charge in [0.2, 0.25) is 4.96 Å². The number of nitrogens with zero attached hydrogens (tertiary/aromatic N) is 3. The number of halogens is 1. The molecule has 4 aromatic rings. The summed E-state index contributed by atoms with van der Waals surface area (Å²) in [6.07, 6.45) is 1.91. The van der Waals surface area contributed by atoms with Crippen molar-refractivity contribution < 1.29 is 0 Å². The van der Waals surface area contributed by atoms with Crippen LogP contribution in [-0.2, 0) is 0 Å². The van der Waals surface area contributed by atoms with Gasteiger partial charge in [0.05, 0.1) is 9.55 Å². The summed E-state index contributed by atoms with van der Waals surface area (Å²) in [5.41, 5.74) is 1.75. The number of benzene rings is 1. The van der Waals surface area contributed by atoms with Crippen LogP contribution in [0, 0.1) is 6.92 Å². The van der Waals surface area contributed by atoms with Crippen molar-refractivity contribution in [3.63, 3.8) is 0 Å². The Morgan fingerprint density at radius 3 is 2.78 bits per heavy atom. The Balaban J connectivity index is 1.98. The summed E-state index contributed by atoms with van der Waals surface area (Å²) >= 11 is 9.18. The van der Waals surface area contributed by atoms with E-state index in [1.54, 1.807) is 17.4 Å². The number of fused-ring (bicyclic) bond motifs is 1. The molecular formula is C16H10ClN3OS2. The average Bonchev–Trinajstić information content (AvgIpc) is 3.20. The van der Waals surface area contributed by atoms with Crippen LogP contribution in [0.3, 0.4) is 0 Å². The molecule has 0 saturated heterocycles. The Bertz CT molecular complexity index is 1130. The molecule has 0 bridgehead atoms. The lowest BCUT2D eigenvalue weighted by Gasteiger charge is -1.99. The SMILES string of the molecule is Cc1ccsc1/C=c1\sc2nnc(-c3ccccc3Cl)n2c1=O. The van der Waals surface area contributed by atoms with E-state index in [-0.39, 0.29) is 5.56 Å². The highest BCUT2D eigenvalue weighted by molar-refractivity contribution is 7.15. The Hall–Kier alpha value is -2.02. The van der Waals surface area contributed by atoms with Gasteiger partial charge in [-0.3, -0.25) is 4.79 Å². The van der Waals surface area contributed by atoms with Crippen LogP contribution in [0.5, 0.6) is 0 Å². The summed E-state index contributed by atoms with van der Waals surface area (Å²) in [7, 11) is 0. The first kappa shape index (κ1) is 14.6. The molecule has 0 atom stereocenters. The topological polar surface area (TPSA) is 47.3 Å². The van der Waals surface area contributed by atoms with Gasteiger partial charge in [-0.2, -0.15) is 0 Å². The Kier molecular flexibility index (Phi) is 3.52. The second kappa shape index (κ2) is 5.56. The molecule has 0 amide bonds. The van der Waals surface area contributed by atoms with E-state index in [1.807, 2.05) is 42.6 Å². The number of thiazole rings is 1. The van der Waals surface area contributed by atoms with Crippen LogP contribution in [-0.4, -0.2) is 14.6 Å². The molecule has 23 heavy (non-hydrogen) atoms. The van der Waals surface area contributed by atoms with Gasteiger partial charge in [-0.05, 0) is 42.1 Å². The quantitative estimate of drug-likeness (QED) is 0.551. The van der Waals surface area contributed by atoms with E-state index in [0.717, 1.165) is 10.4 Å². The van der Waals surface area contributed by atoms with Gasteiger partial charge in [0.1, 0.15) is 0 Å². The van der Waals surface area contributed by atoms with E-state index >= 15 is 0 Å². The lowest BCUT2D eigenvalue weighted by molar-refractivity contribution is 1.09. The fourth-order valence-electron chi connectivity index (χ4n) is 2.33. The smallest absolute Gasteiger partial charge is 0.267 e. The first-order valence-electron chi connectivity index (χ1n) is 6.84. The normalized spacial score (nSPS) is 12.3. The maximum atomic E-state index is 12.8. The molecule has 4 nitrogen and oxygen atoms in total. The summed E-state index contributed by atoms with van der Waals surface area (Å²) < 4.78 is 2.18. The minimum Gasteiger partial charge on any atom is -0.267 e. The zero-order valence-corrected chi connectivity index (χ0v) is 14.4. The van der Waals surface area contributed by atoms with Crippen molar-refractivity contribution in [2.75, 3.05) is 0 Å². The fourth-order valence-corrected chi connectivity index (χ4v) is 4.38. The highest BCUT2D eigenvalue weighted by Gasteiger charge is 2.16. The summed E-state index contributed by atoms with van der Waals surface area (Å²) in [5, 5.41) is 10.8. The third-order valence-corrected chi connectivity index (χ3v) is 5.78. The van der Waals surface area contributed by atoms with Gasteiger partial charge in [-0.1, -0.05) is 35.1 Å². The molecule has 0 aliphatic rings. The van der Waals surface area contributed by atoms with Crippen molar-refractivity contribution in [3.8, 4) is 11.4 Å². The second-order valence-electron chi connectivity index (χ2n) is 5.01. The summed E-state index contributed by atoms with van der Waals surface area (Å²) in [5.74, 6) is 0.481.